The highest BCUT2D eigenvalue weighted by Gasteiger charge is 2.19. The number of amides is 2. The highest BCUT2D eigenvalue weighted by atomic mass is 79.9. The molecule has 0 aromatic heterocycles. The summed E-state index contributed by atoms with van der Waals surface area (Å²) in [6.07, 6.45) is 0.869. The second kappa shape index (κ2) is 7.64. The lowest BCUT2D eigenvalue weighted by Crippen LogP contribution is -2.51. The van der Waals surface area contributed by atoms with Crippen molar-refractivity contribution in [1.29, 1.82) is 0 Å². The van der Waals surface area contributed by atoms with E-state index in [1.807, 2.05) is 17.0 Å². The van der Waals surface area contributed by atoms with E-state index in [1.54, 1.807) is 0 Å². The number of hydrogen-bond donors (Lipinski definition) is 1. The van der Waals surface area contributed by atoms with Gasteiger partial charge < -0.3 is 15.1 Å². The van der Waals surface area contributed by atoms with Crippen LogP contribution < -0.4 is 5.32 Å². The fourth-order valence-electron chi connectivity index (χ4n) is 2.34. The maximum absolute atomic E-state index is 12.0. The van der Waals surface area contributed by atoms with Crippen LogP contribution in [0.15, 0.2) is 28.7 Å². The number of benzene rings is 1. The molecule has 1 N–H and O–H groups in total. The Morgan fingerprint density at radius 1 is 1.20 bits per heavy atom. The molecule has 1 aromatic carbocycles. The van der Waals surface area contributed by atoms with Crippen molar-refractivity contribution in [3.05, 3.63) is 34.3 Å². The maximum atomic E-state index is 12.0. The summed E-state index contributed by atoms with van der Waals surface area (Å²) in [5.74, 6) is 0. The quantitative estimate of drug-likeness (QED) is 0.913. The Balaban J connectivity index is 1.69. The van der Waals surface area contributed by atoms with Gasteiger partial charge >= 0.3 is 6.03 Å². The number of hydrogen-bond acceptors (Lipinski definition) is 2. The number of halogens is 1. The number of piperazine rings is 1. The Morgan fingerprint density at radius 2 is 1.85 bits per heavy atom. The average molecular weight is 340 g/mol. The van der Waals surface area contributed by atoms with Crippen LogP contribution in [-0.2, 0) is 6.42 Å². The highest BCUT2D eigenvalue weighted by Crippen LogP contribution is 2.10. The van der Waals surface area contributed by atoms with Gasteiger partial charge in [-0.2, -0.15) is 0 Å². The Labute approximate surface area is 129 Å². The van der Waals surface area contributed by atoms with E-state index in [9.17, 15) is 4.79 Å². The predicted octanol–water partition coefficient (Wildman–Crippen LogP) is 2.34. The number of urea groups is 1. The van der Waals surface area contributed by atoms with Crippen molar-refractivity contribution in [2.45, 2.75) is 13.3 Å². The molecule has 0 unspecified atom stereocenters. The minimum atomic E-state index is 0.0675. The van der Waals surface area contributed by atoms with Gasteiger partial charge in [0.15, 0.2) is 0 Å². The number of likely N-dealkylation sites (N-methyl/N-ethyl adjacent to an activating group) is 1. The number of carbonyl (C=O) groups is 1. The summed E-state index contributed by atoms with van der Waals surface area (Å²) in [5.41, 5.74) is 1.24. The van der Waals surface area contributed by atoms with Crippen LogP contribution in [0.4, 0.5) is 4.79 Å². The van der Waals surface area contributed by atoms with Crippen molar-refractivity contribution < 1.29 is 4.79 Å². The Hall–Kier alpha value is -1.07. The van der Waals surface area contributed by atoms with Crippen molar-refractivity contribution in [2.75, 3.05) is 39.3 Å². The van der Waals surface area contributed by atoms with E-state index < -0.39 is 0 Å². The molecule has 0 atom stereocenters. The molecule has 1 fully saturated rings. The second-order valence-electron chi connectivity index (χ2n) is 5.03. The van der Waals surface area contributed by atoms with Gasteiger partial charge in [0.25, 0.3) is 0 Å². The molecule has 1 aliphatic rings. The first-order valence-electron chi connectivity index (χ1n) is 7.18. The van der Waals surface area contributed by atoms with Gasteiger partial charge in [0.1, 0.15) is 0 Å². The van der Waals surface area contributed by atoms with Crippen LogP contribution in [0.2, 0.25) is 0 Å². The molecular weight excluding hydrogens is 318 g/mol. The van der Waals surface area contributed by atoms with Gasteiger partial charge in [-0.3, -0.25) is 0 Å². The number of nitrogens with one attached hydrogen (secondary N) is 1. The smallest absolute Gasteiger partial charge is 0.317 e. The zero-order valence-corrected chi connectivity index (χ0v) is 13.5. The summed E-state index contributed by atoms with van der Waals surface area (Å²) >= 11 is 3.42. The fraction of sp³-hybridized carbons (Fsp3) is 0.533. The van der Waals surface area contributed by atoms with E-state index in [2.05, 4.69) is 45.2 Å². The van der Waals surface area contributed by atoms with Crippen LogP contribution >= 0.6 is 15.9 Å². The van der Waals surface area contributed by atoms with Crippen molar-refractivity contribution in [3.8, 4) is 0 Å². The number of rotatable bonds is 4. The molecule has 1 heterocycles. The lowest BCUT2D eigenvalue weighted by atomic mass is 10.1. The SMILES string of the molecule is CCN1CCN(C(=O)NCCc2ccc(Br)cc2)CC1. The predicted molar refractivity (Wildman–Crippen MR) is 84.9 cm³/mol. The van der Waals surface area contributed by atoms with Gasteiger partial charge in [0.05, 0.1) is 0 Å². The molecule has 20 heavy (non-hydrogen) atoms. The summed E-state index contributed by atoms with van der Waals surface area (Å²) in [4.78, 5) is 16.3. The molecule has 5 heteroatoms. The van der Waals surface area contributed by atoms with E-state index in [-0.39, 0.29) is 6.03 Å². The summed E-state index contributed by atoms with van der Waals surface area (Å²) in [6.45, 7) is 7.55. The third-order valence-corrected chi connectivity index (χ3v) is 4.24. The molecule has 4 nitrogen and oxygen atoms in total. The summed E-state index contributed by atoms with van der Waals surface area (Å²) < 4.78 is 1.08. The van der Waals surface area contributed by atoms with Crippen LogP contribution in [0.5, 0.6) is 0 Å². The highest BCUT2D eigenvalue weighted by molar-refractivity contribution is 9.10. The largest absolute Gasteiger partial charge is 0.338 e. The molecule has 110 valence electrons. The van der Waals surface area contributed by atoms with Crippen LogP contribution in [0.25, 0.3) is 0 Å². The van der Waals surface area contributed by atoms with E-state index in [1.165, 1.54) is 5.56 Å². The monoisotopic (exact) mass is 339 g/mol. The minimum Gasteiger partial charge on any atom is -0.338 e. The summed E-state index contributed by atoms with van der Waals surface area (Å²) in [7, 11) is 0. The van der Waals surface area contributed by atoms with Gasteiger partial charge in [-0.25, -0.2) is 4.79 Å². The molecule has 0 saturated carbocycles. The molecule has 2 rings (SSSR count). The van der Waals surface area contributed by atoms with Crippen LogP contribution in [-0.4, -0.2) is 55.1 Å². The molecular formula is C15H22BrN3O. The first-order chi connectivity index (χ1) is 9.69. The van der Waals surface area contributed by atoms with Gasteiger partial charge in [0, 0.05) is 37.2 Å². The van der Waals surface area contributed by atoms with E-state index in [0.717, 1.165) is 43.6 Å². The van der Waals surface area contributed by atoms with Crippen LogP contribution in [0.1, 0.15) is 12.5 Å². The number of carbonyl (C=O) groups excluding carboxylic acids is 1. The van der Waals surface area contributed by atoms with Gasteiger partial charge in [-0.05, 0) is 30.7 Å². The van der Waals surface area contributed by atoms with Gasteiger partial charge in [-0.15, -0.1) is 0 Å². The lowest BCUT2D eigenvalue weighted by Gasteiger charge is -2.34. The molecule has 1 saturated heterocycles. The zero-order valence-electron chi connectivity index (χ0n) is 11.9. The van der Waals surface area contributed by atoms with Crippen molar-refractivity contribution in [3.63, 3.8) is 0 Å². The van der Waals surface area contributed by atoms with E-state index in [0.29, 0.717) is 6.54 Å². The molecule has 0 spiro atoms. The molecule has 0 bridgehead atoms. The Kier molecular flexibility index (Phi) is 5.86. The third kappa shape index (κ3) is 4.49. The minimum absolute atomic E-state index is 0.0675. The first-order valence-corrected chi connectivity index (χ1v) is 7.98. The van der Waals surface area contributed by atoms with Crippen LogP contribution in [0.3, 0.4) is 0 Å². The second-order valence-corrected chi connectivity index (χ2v) is 5.95. The number of nitrogens with zero attached hydrogens (tertiary/aromatic N) is 2. The first kappa shape index (κ1) is 15.3. The zero-order chi connectivity index (χ0) is 14.4. The molecule has 1 aromatic rings. The van der Waals surface area contributed by atoms with Gasteiger partial charge in [-0.1, -0.05) is 35.0 Å². The summed E-state index contributed by atoms with van der Waals surface area (Å²) in [6, 6.07) is 8.28. The maximum Gasteiger partial charge on any atom is 0.317 e. The van der Waals surface area contributed by atoms with Crippen molar-refractivity contribution >= 4 is 22.0 Å². The van der Waals surface area contributed by atoms with Crippen molar-refractivity contribution in [2.24, 2.45) is 0 Å². The molecule has 0 radical (unpaired) electrons. The topological polar surface area (TPSA) is 35.6 Å². The third-order valence-electron chi connectivity index (χ3n) is 3.71. The molecule has 1 aliphatic heterocycles. The average Bonchev–Trinajstić information content (AvgIpc) is 2.49. The standard InChI is InChI=1S/C15H22BrN3O/c1-2-18-9-11-19(12-10-18)15(20)17-8-7-13-3-5-14(16)6-4-13/h3-6H,2,7-12H2,1H3,(H,17,20). The van der Waals surface area contributed by atoms with E-state index in [4.69, 9.17) is 0 Å². The van der Waals surface area contributed by atoms with E-state index >= 15 is 0 Å². The Morgan fingerprint density at radius 3 is 2.45 bits per heavy atom. The van der Waals surface area contributed by atoms with Crippen molar-refractivity contribution in [1.82, 2.24) is 15.1 Å². The normalized spacial score (nSPS) is 16.2. The Bertz CT molecular complexity index is 427. The fourth-order valence-corrected chi connectivity index (χ4v) is 2.61. The van der Waals surface area contributed by atoms with Crippen LogP contribution in [0, 0.1) is 0 Å². The molecule has 2 amide bonds. The molecule has 0 aliphatic carbocycles. The summed E-state index contributed by atoms with van der Waals surface area (Å²) in [5, 5.41) is 3.01. The van der Waals surface area contributed by atoms with Gasteiger partial charge in [0.2, 0.25) is 0 Å². The lowest BCUT2D eigenvalue weighted by molar-refractivity contribution is 0.143.